The molecule has 0 radical (unpaired) electrons. The summed E-state index contributed by atoms with van der Waals surface area (Å²) in [6, 6.07) is 3.17. The first-order chi connectivity index (χ1) is 6.58. The summed E-state index contributed by atoms with van der Waals surface area (Å²) < 4.78 is 1.54. The van der Waals surface area contributed by atoms with Crippen molar-refractivity contribution in [3.8, 4) is 0 Å². The number of fused-ring (bicyclic) bond motifs is 1. The summed E-state index contributed by atoms with van der Waals surface area (Å²) in [5, 5.41) is 9.22. The zero-order valence-electron chi connectivity index (χ0n) is 7.36. The summed E-state index contributed by atoms with van der Waals surface area (Å²) in [5.74, 6) is -0.982. The Labute approximate surface area is 84.8 Å². The summed E-state index contributed by atoms with van der Waals surface area (Å²) >= 11 is 5.91. The second-order valence-electron chi connectivity index (χ2n) is 2.98. The van der Waals surface area contributed by atoms with Crippen molar-refractivity contribution in [1.29, 1.82) is 0 Å². The van der Waals surface area contributed by atoms with Gasteiger partial charge in [-0.15, -0.1) is 0 Å². The Morgan fingerprint density at radius 2 is 2.29 bits per heavy atom. The van der Waals surface area contributed by atoms with Gasteiger partial charge in [0.1, 0.15) is 10.8 Å². The van der Waals surface area contributed by atoms with Crippen LogP contribution in [0.5, 0.6) is 0 Å². The van der Waals surface area contributed by atoms with Crippen LogP contribution in [0.15, 0.2) is 18.3 Å². The van der Waals surface area contributed by atoms with Gasteiger partial charge in [0.15, 0.2) is 0 Å². The highest BCUT2D eigenvalue weighted by molar-refractivity contribution is 6.29. The van der Waals surface area contributed by atoms with E-state index in [9.17, 15) is 4.79 Å². The summed E-state index contributed by atoms with van der Waals surface area (Å²) in [5.41, 5.74) is 1.50. The molecule has 0 aliphatic heterocycles. The van der Waals surface area contributed by atoms with Gasteiger partial charge in [-0.05, 0) is 19.1 Å². The van der Waals surface area contributed by atoms with Crippen molar-refractivity contribution in [2.45, 2.75) is 6.92 Å². The van der Waals surface area contributed by atoms with Crippen LogP contribution in [0.25, 0.3) is 5.65 Å². The van der Waals surface area contributed by atoms with Gasteiger partial charge in [0.2, 0.25) is 0 Å². The van der Waals surface area contributed by atoms with Crippen molar-refractivity contribution in [2.24, 2.45) is 0 Å². The van der Waals surface area contributed by atoms with Crippen molar-refractivity contribution >= 4 is 23.2 Å². The monoisotopic (exact) mass is 210 g/mol. The number of nitrogens with zero attached hydrogens (tertiary/aromatic N) is 2. The second-order valence-corrected chi connectivity index (χ2v) is 3.37. The highest BCUT2D eigenvalue weighted by atomic mass is 35.5. The third-order valence-corrected chi connectivity index (χ3v) is 2.19. The number of hydrogen-bond donors (Lipinski definition) is 1. The smallest absolute Gasteiger partial charge is 0.337 e. The van der Waals surface area contributed by atoms with Crippen LogP contribution < -0.4 is 0 Å². The molecule has 0 saturated heterocycles. The number of aryl methyl sites for hydroxylation is 1. The minimum atomic E-state index is -0.982. The molecule has 5 heteroatoms. The van der Waals surface area contributed by atoms with Gasteiger partial charge in [-0.25, -0.2) is 9.78 Å². The minimum Gasteiger partial charge on any atom is -0.478 e. The zero-order valence-corrected chi connectivity index (χ0v) is 8.12. The lowest BCUT2D eigenvalue weighted by Gasteiger charge is -1.98. The summed E-state index contributed by atoms with van der Waals surface area (Å²) in [6.45, 7) is 1.80. The maximum atomic E-state index is 10.7. The molecule has 2 heterocycles. The number of rotatable bonds is 1. The van der Waals surface area contributed by atoms with E-state index in [1.165, 1.54) is 16.7 Å². The molecular formula is C9H7ClN2O2. The molecule has 0 aromatic carbocycles. The average molecular weight is 211 g/mol. The van der Waals surface area contributed by atoms with Crippen LogP contribution in [-0.4, -0.2) is 20.5 Å². The molecule has 2 aromatic heterocycles. The first kappa shape index (κ1) is 9.02. The van der Waals surface area contributed by atoms with Crippen molar-refractivity contribution in [3.63, 3.8) is 0 Å². The van der Waals surface area contributed by atoms with Crippen LogP contribution >= 0.6 is 11.6 Å². The van der Waals surface area contributed by atoms with Crippen molar-refractivity contribution in [1.82, 2.24) is 9.38 Å². The number of carbonyl (C=O) groups is 1. The lowest BCUT2D eigenvalue weighted by Crippen LogP contribution is -1.92. The van der Waals surface area contributed by atoms with Crippen LogP contribution in [0, 0.1) is 6.92 Å². The summed E-state index contributed by atoms with van der Waals surface area (Å²) in [6.07, 6.45) is 1.45. The lowest BCUT2D eigenvalue weighted by molar-refractivity contribution is 0.0697. The van der Waals surface area contributed by atoms with E-state index in [1.54, 1.807) is 13.0 Å². The van der Waals surface area contributed by atoms with Crippen molar-refractivity contribution in [2.75, 3.05) is 0 Å². The van der Waals surface area contributed by atoms with E-state index in [4.69, 9.17) is 16.7 Å². The Bertz CT molecular complexity index is 519. The Kier molecular flexibility index (Phi) is 1.93. The van der Waals surface area contributed by atoms with Crippen molar-refractivity contribution < 1.29 is 9.90 Å². The fraction of sp³-hybridized carbons (Fsp3) is 0.111. The first-order valence-corrected chi connectivity index (χ1v) is 4.34. The van der Waals surface area contributed by atoms with Crippen LogP contribution in [0.1, 0.15) is 16.1 Å². The third kappa shape index (κ3) is 1.33. The largest absolute Gasteiger partial charge is 0.478 e. The van der Waals surface area contributed by atoms with E-state index in [0.29, 0.717) is 10.8 Å². The fourth-order valence-electron chi connectivity index (χ4n) is 1.28. The number of carboxylic acids is 1. The molecule has 0 aliphatic rings. The lowest BCUT2D eigenvalue weighted by atomic mass is 10.3. The normalized spacial score (nSPS) is 10.7. The molecule has 0 bridgehead atoms. The highest BCUT2D eigenvalue weighted by Gasteiger charge is 2.09. The molecule has 72 valence electrons. The molecule has 0 atom stereocenters. The van der Waals surface area contributed by atoms with Gasteiger partial charge in [-0.3, -0.25) is 4.40 Å². The number of aromatic carboxylic acids is 1. The molecular weight excluding hydrogens is 204 g/mol. The quantitative estimate of drug-likeness (QED) is 0.733. The number of halogens is 1. The van der Waals surface area contributed by atoms with E-state index < -0.39 is 5.97 Å². The summed E-state index contributed by atoms with van der Waals surface area (Å²) in [7, 11) is 0. The average Bonchev–Trinajstić information content (AvgIpc) is 2.47. The Hall–Kier alpha value is -1.55. The standard InChI is InChI=1S/C9H7ClN2O2/c1-5-2-7(10)12-4-6(9(13)14)3-8(12)11-5/h2-4H,1H3,(H,13,14). The van der Waals surface area contributed by atoms with Crippen LogP contribution in [0.4, 0.5) is 0 Å². The van der Waals surface area contributed by atoms with Gasteiger partial charge in [0, 0.05) is 11.9 Å². The highest BCUT2D eigenvalue weighted by Crippen LogP contribution is 2.16. The van der Waals surface area contributed by atoms with Gasteiger partial charge in [-0.1, -0.05) is 11.6 Å². The van der Waals surface area contributed by atoms with E-state index in [-0.39, 0.29) is 5.56 Å². The molecule has 4 nitrogen and oxygen atoms in total. The molecule has 2 aromatic rings. The maximum Gasteiger partial charge on any atom is 0.337 e. The molecule has 1 N–H and O–H groups in total. The second kappa shape index (κ2) is 2.99. The van der Waals surface area contributed by atoms with Crippen molar-refractivity contribution in [3.05, 3.63) is 34.7 Å². The number of hydrogen-bond acceptors (Lipinski definition) is 2. The molecule has 0 saturated carbocycles. The van der Waals surface area contributed by atoms with Gasteiger partial charge < -0.3 is 5.11 Å². The van der Waals surface area contributed by atoms with Gasteiger partial charge in [0.25, 0.3) is 0 Å². The number of carboxylic acid groups (broad SMARTS) is 1. The Balaban J connectivity index is 2.76. The Morgan fingerprint density at radius 1 is 1.57 bits per heavy atom. The summed E-state index contributed by atoms with van der Waals surface area (Å²) in [4.78, 5) is 14.8. The zero-order chi connectivity index (χ0) is 10.3. The topological polar surface area (TPSA) is 54.6 Å². The fourth-order valence-corrected chi connectivity index (χ4v) is 1.57. The van der Waals surface area contributed by atoms with E-state index in [1.807, 2.05) is 0 Å². The molecule has 0 amide bonds. The van der Waals surface area contributed by atoms with Gasteiger partial charge >= 0.3 is 5.97 Å². The predicted molar refractivity (Wildman–Crippen MR) is 51.9 cm³/mol. The van der Waals surface area contributed by atoms with Gasteiger partial charge in [-0.2, -0.15) is 0 Å². The molecule has 0 fully saturated rings. The Morgan fingerprint density at radius 3 is 2.93 bits per heavy atom. The molecule has 2 rings (SSSR count). The molecule has 14 heavy (non-hydrogen) atoms. The minimum absolute atomic E-state index is 0.185. The predicted octanol–water partition coefficient (Wildman–Crippen LogP) is 1.99. The van der Waals surface area contributed by atoms with Crippen LogP contribution in [-0.2, 0) is 0 Å². The van der Waals surface area contributed by atoms with Crippen LogP contribution in [0.2, 0.25) is 5.15 Å². The SMILES string of the molecule is Cc1cc(Cl)n2cc(C(=O)O)cc2n1. The number of aromatic nitrogens is 2. The molecule has 0 unspecified atom stereocenters. The van der Waals surface area contributed by atoms with Gasteiger partial charge in [0.05, 0.1) is 5.56 Å². The molecule has 0 spiro atoms. The third-order valence-electron chi connectivity index (χ3n) is 1.90. The van der Waals surface area contributed by atoms with Crippen LogP contribution in [0.3, 0.4) is 0 Å². The van der Waals surface area contributed by atoms with E-state index >= 15 is 0 Å². The first-order valence-electron chi connectivity index (χ1n) is 3.96. The maximum absolute atomic E-state index is 10.7. The molecule has 0 aliphatic carbocycles. The van der Waals surface area contributed by atoms with E-state index in [0.717, 1.165) is 5.69 Å². The van der Waals surface area contributed by atoms with E-state index in [2.05, 4.69) is 4.98 Å².